The van der Waals surface area contributed by atoms with Crippen molar-refractivity contribution in [1.29, 1.82) is 0 Å². The number of pyridine rings is 1. The van der Waals surface area contributed by atoms with Crippen LogP contribution in [0.2, 0.25) is 0 Å². The van der Waals surface area contributed by atoms with Gasteiger partial charge in [0.1, 0.15) is 5.03 Å². The number of nitrogens with two attached hydrogens (primary N) is 1. The van der Waals surface area contributed by atoms with E-state index in [0.717, 1.165) is 15.7 Å². The Morgan fingerprint density at radius 2 is 2.19 bits per heavy atom. The summed E-state index contributed by atoms with van der Waals surface area (Å²) in [5.74, 6) is 0. The smallest absolute Gasteiger partial charge is 0.174 e. The summed E-state index contributed by atoms with van der Waals surface area (Å²) in [7, 11) is 1.96. The summed E-state index contributed by atoms with van der Waals surface area (Å²) in [5, 5.41) is 1.86. The van der Waals surface area contributed by atoms with E-state index >= 15 is 0 Å². The predicted molar refractivity (Wildman–Crippen MR) is 64.2 cm³/mol. The summed E-state index contributed by atoms with van der Waals surface area (Å²) in [4.78, 5) is 8.58. The molecule has 5 heteroatoms. The van der Waals surface area contributed by atoms with Gasteiger partial charge >= 0.3 is 0 Å². The first kappa shape index (κ1) is 11.2. The van der Waals surface area contributed by atoms with Crippen LogP contribution in [0.1, 0.15) is 18.5 Å². The van der Waals surface area contributed by atoms with E-state index in [9.17, 15) is 0 Å². The number of imidazole rings is 1. The second kappa shape index (κ2) is 4.67. The minimum absolute atomic E-state index is 0.0275. The van der Waals surface area contributed by atoms with Crippen molar-refractivity contribution in [1.82, 2.24) is 14.5 Å². The van der Waals surface area contributed by atoms with E-state index in [1.54, 1.807) is 18.0 Å². The van der Waals surface area contributed by atoms with Gasteiger partial charge in [0, 0.05) is 31.7 Å². The summed E-state index contributed by atoms with van der Waals surface area (Å²) in [6.45, 7) is 1.95. The monoisotopic (exact) mass is 234 g/mol. The fourth-order valence-corrected chi connectivity index (χ4v) is 2.01. The highest BCUT2D eigenvalue weighted by molar-refractivity contribution is 7.99. The van der Waals surface area contributed by atoms with E-state index in [-0.39, 0.29) is 6.04 Å². The van der Waals surface area contributed by atoms with E-state index < -0.39 is 0 Å². The van der Waals surface area contributed by atoms with E-state index in [1.165, 1.54) is 0 Å². The van der Waals surface area contributed by atoms with Crippen molar-refractivity contribution in [2.45, 2.75) is 23.1 Å². The van der Waals surface area contributed by atoms with Crippen LogP contribution in [-0.2, 0) is 7.05 Å². The molecule has 4 nitrogen and oxygen atoms in total. The molecule has 0 radical (unpaired) electrons. The lowest BCUT2D eigenvalue weighted by Crippen LogP contribution is -2.05. The Hall–Kier alpha value is -1.33. The zero-order chi connectivity index (χ0) is 11.5. The van der Waals surface area contributed by atoms with Gasteiger partial charge in [-0.2, -0.15) is 0 Å². The molecule has 2 N–H and O–H groups in total. The maximum atomic E-state index is 5.76. The van der Waals surface area contributed by atoms with E-state index in [2.05, 4.69) is 9.97 Å². The van der Waals surface area contributed by atoms with Crippen molar-refractivity contribution in [3.8, 4) is 0 Å². The van der Waals surface area contributed by atoms with Crippen LogP contribution in [-0.4, -0.2) is 14.5 Å². The molecule has 0 amide bonds. The third-order valence-corrected chi connectivity index (χ3v) is 3.28. The van der Waals surface area contributed by atoms with E-state index in [0.29, 0.717) is 0 Å². The highest BCUT2D eigenvalue weighted by atomic mass is 32.2. The van der Waals surface area contributed by atoms with E-state index in [1.807, 2.05) is 43.1 Å². The van der Waals surface area contributed by atoms with Gasteiger partial charge in [-0.25, -0.2) is 9.97 Å². The Balaban J connectivity index is 2.14. The Morgan fingerprint density at radius 3 is 2.69 bits per heavy atom. The molecular formula is C11H14N4S. The van der Waals surface area contributed by atoms with E-state index in [4.69, 9.17) is 5.73 Å². The molecular weight excluding hydrogens is 220 g/mol. The zero-order valence-electron chi connectivity index (χ0n) is 9.29. The molecule has 0 bridgehead atoms. The highest BCUT2D eigenvalue weighted by Gasteiger charge is 2.04. The average Bonchev–Trinajstić information content (AvgIpc) is 2.65. The molecule has 0 saturated heterocycles. The number of nitrogens with zero attached hydrogens (tertiary/aromatic N) is 3. The zero-order valence-corrected chi connectivity index (χ0v) is 10.1. The topological polar surface area (TPSA) is 56.7 Å². The molecule has 0 aliphatic heterocycles. The molecule has 16 heavy (non-hydrogen) atoms. The molecule has 1 atom stereocenters. The van der Waals surface area contributed by atoms with Gasteiger partial charge in [-0.1, -0.05) is 6.07 Å². The number of aryl methyl sites for hydroxylation is 1. The van der Waals surface area contributed by atoms with Crippen LogP contribution in [0, 0.1) is 0 Å². The highest BCUT2D eigenvalue weighted by Crippen LogP contribution is 2.24. The second-order valence-corrected chi connectivity index (χ2v) is 4.63. The van der Waals surface area contributed by atoms with Crippen LogP contribution in [0.5, 0.6) is 0 Å². The molecule has 2 aromatic rings. The molecule has 2 heterocycles. The Morgan fingerprint density at radius 1 is 1.38 bits per heavy atom. The van der Waals surface area contributed by atoms with Crippen molar-refractivity contribution < 1.29 is 0 Å². The second-order valence-electron chi connectivity index (χ2n) is 3.64. The predicted octanol–water partition coefficient (Wildman–Crippen LogP) is 1.99. The molecule has 0 aliphatic carbocycles. The standard InChI is InChI=1S/C11H14N4S/c1-8(12)9-3-4-10(14-7-9)16-11-13-5-6-15(11)2/h3-8H,12H2,1-2H3/t8-/m0/s1. The van der Waals surface area contributed by atoms with Crippen molar-refractivity contribution in [3.05, 3.63) is 36.3 Å². The molecule has 0 unspecified atom stereocenters. The quantitative estimate of drug-likeness (QED) is 0.882. The SMILES string of the molecule is C[C@H](N)c1ccc(Sc2nccn2C)nc1. The number of aromatic nitrogens is 3. The van der Waals surface area contributed by atoms with Gasteiger partial charge in [-0.05, 0) is 30.3 Å². The lowest BCUT2D eigenvalue weighted by Gasteiger charge is -2.05. The van der Waals surface area contributed by atoms with Gasteiger partial charge in [0.25, 0.3) is 0 Å². The maximum absolute atomic E-state index is 5.76. The lowest BCUT2D eigenvalue weighted by atomic mass is 10.2. The molecule has 2 aromatic heterocycles. The lowest BCUT2D eigenvalue weighted by molar-refractivity contribution is 0.786. The van der Waals surface area contributed by atoms with Gasteiger partial charge in [0.15, 0.2) is 5.16 Å². The Labute approximate surface area is 98.9 Å². The van der Waals surface area contributed by atoms with Gasteiger partial charge < -0.3 is 10.3 Å². The molecule has 0 spiro atoms. The van der Waals surface area contributed by atoms with Gasteiger partial charge in [0.2, 0.25) is 0 Å². The van der Waals surface area contributed by atoms with Crippen LogP contribution < -0.4 is 5.73 Å². The normalized spacial score (nSPS) is 12.7. The van der Waals surface area contributed by atoms with Crippen molar-refractivity contribution in [2.24, 2.45) is 12.8 Å². The average molecular weight is 234 g/mol. The summed E-state index contributed by atoms with van der Waals surface area (Å²) in [6, 6.07) is 4.00. The van der Waals surface area contributed by atoms with Crippen LogP contribution in [0.4, 0.5) is 0 Å². The number of hydrogen-bond donors (Lipinski definition) is 1. The first-order valence-electron chi connectivity index (χ1n) is 5.03. The number of rotatable bonds is 3. The minimum atomic E-state index is 0.0275. The minimum Gasteiger partial charge on any atom is -0.329 e. The largest absolute Gasteiger partial charge is 0.329 e. The van der Waals surface area contributed by atoms with Crippen molar-refractivity contribution in [2.75, 3.05) is 0 Å². The number of hydrogen-bond acceptors (Lipinski definition) is 4. The fourth-order valence-electron chi connectivity index (χ4n) is 1.27. The summed E-state index contributed by atoms with van der Waals surface area (Å²) in [6.07, 6.45) is 5.51. The summed E-state index contributed by atoms with van der Waals surface area (Å²) < 4.78 is 1.96. The van der Waals surface area contributed by atoms with Gasteiger partial charge in [0.05, 0.1) is 0 Å². The molecule has 0 saturated carbocycles. The first-order chi connectivity index (χ1) is 7.66. The Bertz CT molecular complexity index is 461. The molecule has 0 aromatic carbocycles. The van der Waals surface area contributed by atoms with Crippen LogP contribution in [0.3, 0.4) is 0 Å². The fraction of sp³-hybridized carbons (Fsp3) is 0.273. The Kier molecular flexibility index (Phi) is 3.26. The molecule has 0 fully saturated rings. The van der Waals surface area contributed by atoms with Crippen LogP contribution in [0.25, 0.3) is 0 Å². The van der Waals surface area contributed by atoms with Gasteiger partial charge in [-0.15, -0.1) is 0 Å². The molecule has 0 aliphatic rings. The first-order valence-corrected chi connectivity index (χ1v) is 5.85. The molecule has 84 valence electrons. The molecule has 2 rings (SSSR count). The van der Waals surface area contributed by atoms with Gasteiger partial charge in [-0.3, -0.25) is 0 Å². The third kappa shape index (κ3) is 2.43. The van der Waals surface area contributed by atoms with Crippen molar-refractivity contribution >= 4 is 11.8 Å². The van der Waals surface area contributed by atoms with Crippen molar-refractivity contribution in [3.63, 3.8) is 0 Å². The summed E-state index contributed by atoms with van der Waals surface area (Å²) in [5.41, 5.74) is 6.81. The third-order valence-electron chi connectivity index (χ3n) is 2.26. The van der Waals surface area contributed by atoms with Crippen LogP contribution >= 0.6 is 11.8 Å². The maximum Gasteiger partial charge on any atom is 0.174 e. The summed E-state index contributed by atoms with van der Waals surface area (Å²) >= 11 is 1.54. The van der Waals surface area contributed by atoms with Crippen LogP contribution in [0.15, 0.2) is 40.9 Å².